The van der Waals surface area contributed by atoms with Crippen LogP contribution in [0.3, 0.4) is 0 Å². The van der Waals surface area contributed by atoms with Gasteiger partial charge in [0.25, 0.3) is 0 Å². The Morgan fingerprint density at radius 3 is 1.98 bits per heavy atom. The van der Waals surface area contributed by atoms with Crippen molar-refractivity contribution in [3.05, 3.63) is 83.1 Å². The minimum absolute atomic E-state index is 0.228. The normalized spacial score (nSPS) is 17.9. The summed E-state index contributed by atoms with van der Waals surface area (Å²) in [5.41, 5.74) is -3.78. The number of azo groups is 2. The molecule has 226 valence electrons. The van der Waals surface area contributed by atoms with Gasteiger partial charge < -0.3 is 5.11 Å². The maximum absolute atomic E-state index is 12.3. The molecule has 0 aliphatic heterocycles. The van der Waals surface area contributed by atoms with Crippen molar-refractivity contribution in [2.75, 3.05) is 0 Å². The first kappa shape index (κ1) is 31.9. The first-order chi connectivity index (χ1) is 19.8. The molecule has 0 fully saturated rings. The van der Waals surface area contributed by atoms with Gasteiger partial charge in [0.05, 0.1) is 5.56 Å². The third-order valence-corrected chi connectivity index (χ3v) is 10.2. The second-order valence-corrected chi connectivity index (χ2v) is 15.1. The van der Waals surface area contributed by atoms with Crippen molar-refractivity contribution in [1.29, 1.82) is 0 Å². The summed E-state index contributed by atoms with van der Waals surface area (Å²) in [6.07, 6.45) is -1.16. The number of nitrogens with zero attached hydrogens (tertiary/aromatic N) is 4. The summed E-state index contributed by atoms with van der Waals surface area (Å²) in [5, 5.41) is 45.9. The summed E-state index contributed by atoms with van der Waals surface area (Å²) in [6.45, 7) is 0. The number of fused-ring (bicyclic) bond motifs is 1. The Labute approximate surface area is 244 Å². The SMILES string of the molecule is O=C(O)c1ccccc1N=Nc1cc2c(cc1S(=O)(=O)O)CC(O)(S(=O)(=O)O)C(N=Nc1ccccc1[As](=O)(O)O)=C2O. The second kappa shape index (κ2) is 11.2. The van der Waals surface area contributed by atoms with Crippen molar-refractivity contribution in [3.8, 4) is 0 Å². The molecular weight excluding hydrogens is 679 g/mol. The molecule has 0 radical (unpaired) electrons. The van der Waals surface area contributed by atoms with E-state index in [-0.39, 0.29) is 11.3 Å². The van der Waals surface area contributed by atoms with Gasteiger partial charge in [-0.1, -0.05) is 12.1 Å². The summed E-state index contributed by atoms with van der Waals surface area (Å²) in [7, 11) is -10.7. The van der Waals surface area contributed by atoms with E-state index in [9.17, 15) is 58.0 Å². The topological polar surface area (TPSA) is 293 Å². The zero-order valence-electron chi connectivity index (χ0n) is 21.1. The summed E-state index contributed by atoms with van der Waals surface area (Å²) < 4.78 is 99.1. The number of aliphatic hydroxyl groups is 2. The van der Waals surface area contributed by atoms with Gasteiger partial charge in [-0.05, 0) is 12.1 Å². The van der Waals surface area contributed by atoms with Crippen LogP contribution in [0, 0.1) is 0 Å². The molecule has 7 N–H and O–H groups in total. The fraction of sp³-hybridized carbons (Fsp3) is 0.0870. The molecule has 0 amide bonds. The first-order valence-corrected chi connectivity index (χ1v) is 17.7. The van der Waals surface area contributed by atoms with Crippen molar-refractivity contribution in [3.63, 3.8) is 0 Å². The molecule has 1 aliphatic rings. The van der Waals surface area contributed by atoms with Crippen LogP contribution in [0.4, 0.5) is 17.1 Å². The molecule has 43 heavy (non-hydrogen) atoms. The number of carboxylic acid groups (broad SMARTS) is 1. The molecule has 20 heteroatoms. The molecule has 4 rings (SSSR count). The third-order valence-electron chi connectivity index (χ3n) is 6.02. The van der Waals surface area contributed by atoms with Gasteiger partial charge in [-0.2, -0.15) is 0 Å². The van der Waals surface area contributed by atoms with E-state index in [4.69, 9.17) is 0 Å². The third kappa shape index (κ3) is 6.33. The number of aliphatic hydroxyl groups excluding tert-OH is 1. The Morgan fingerprint density at radius 2 is 1.40 bits per heavy atom. The van der Waals surface area contributed by atoms with Crippen LogP contribution < -0.4 is 4.35 Å². The number of hydrogen-bond acceptors (Lipinski definition) is 12. The average molecular weight is 698 g/mol. The molecule has 0 aromatic heterocycles. The predicted molar refractivity (Wildman–Crippen MR) is 145 cm³/mol. The van der Waals surface area contributed by atoms with Gasteiger partial charge in [-0.25, -0.2) is 4.79 Å². The van der Waals surface area contributed by atoms with E-state index in [0.29, 0.717) is 6.07 Å². The predicted octanol–water partition coefficient (Wildman–Crippen LogP) is 1.75. The van der Waals surface area contributed by atoms with Crippen LogP contribution >= 0.6 is 0 Å². The second-order valence-electron chi connectivity index (χ2n) is 8.84. The molecular formula is C23H19AsN4O13S2. The van der Waals surface area contributed by atoms with Gasteiger partial charge in [-0.15, -0.1) is 0 Å². The molecule has 0 saturated carbocycles. The summed E-state index contributed by atoms with van der Waals surface area (Å²) >= 11 is -5.61. The van der Waals surface area contributed by atoms with Gasteiger partial charge in [0.15, 0.2) is 0 Å². The molecule has 1 aliphatic carbocycles. The molecule has 3 aromatic rings. The van der Waals surface area contributed by atoms with Crippen molar-refractivity contribution in [1.82, 2.24) is 0 Å². The van der Waals surface area contributed by atoms with E-state index in [2.05, 4.69) is 20.5 Å². The van der Waals surface area contributed by atoms with Gasteiger partial charge in [0.2, 0.25) is 0 Å². The monoisotopic (exact) mass is 698 g/mol. The average Bonchev–Trinajstić information content (AvgIpc) is 2.90. The molecule has 3 aromatic carbocycles. The number of benzene rings is 3. The fourth-order valence-electron chi connectivity index (χ4n) is 4.00. The molecule has 1 atom stereocenters. The van der Waals surface area contributed by atoms with E-state index in [0.717, 1.165) is 18.2 Å². The van der Waals surface area contributed by atoms with Crippen LogP contribution in [0.2, 0.25) is 0 Å². The Balaban J connectivity index is 1.97. The van der Waals surface area contributed by atoms with Crippen LogP contribution in [-0.2, 0) is 30.4 Å². The number of hydrogen-bond donors (Lipinski definition) is 7. The molecule has 0 saturated heterocycles. The van der Waals surface area contributed by atoms with Gasteiger partial charge >= 0.3 is 206 Å². The van der Waals surface area contributed by atoms with E-state index < -0.39 is 94.9 Å². The molecule has 0 bridgehead atoms. The molecule has 17 nitrogen and oxygen atoms in total. The van der Waals surface area contributed by atoms with Gasteiger partial charge in [0.1, 0.15) is 0 Å². The van der Waals surface area contributed by atoms with E-state index in [1.807, 2.05) is 0 Å². The van der Waals surface area contributed by atoms with Crippen LogP contribution in [0.25, 0.3) is 5.76 Å². The van der Waals surface area contributed by atoms with Crippen molar-refractivity contribution in [2.45, 2.75) is 16.2 Å². The van der Waals surface area contributed by atoms with Crippen LogP contribution in [0.5, 0.6) is 0 Å². The first-order valence-electron chi connectivity index (χ1n) is 11.4. The summed E-state index contributed by atoms with van der Waals surface area (Å²) in [4.78, 5) is 7.03. The number of carboxylic acids is 1. The Bertz CT molecular complexity index is 2020. The zero-order chi connectivity index (χ0) is 32.0. The van der Waals surface area contributed by atoms with Crippen molar-refractivity contribution < 1.29 is 58.0 Å². The minimum atomic E-state index is -5.61. The zero-order valence-corrected chi connectivity index (χ0v) is 24.6. The van der Waals surface area contributed by atoms with Crippen molar-refractivity contribution in [2.24, 2.45) is 20.5 Å². The maximum atomic E-state index is 12.3. The van der Waals surface area contributed by atoms with Crippen LogP contribution in [0.15, 0.2) is 91.7 Å². The molecule has 0 spiro atoms. The van der Waals surface area contributed by atoms with Crippen molar-refractivity contribution >= 4 is 67.6 Å². The van der Waals surface area contributed by atoms with Crippen LogP contribution in [0.1, 0.15) is 21.5 Å². The standard InChI is InChI=1S/C23H19AsN4O13S2/c29-20-14-10-18(27-25-16-7-3-1-5-13(16)22(30)31)19(42(36,37)38)9-12(14)11-23(32,43(39,40)41)21(20)28-26-17-8-4-2-6-15(17)24(33,34)35/h1-10,29,32H,11H2,(H,30,31)(H2,33,34,35)(H,36,37,38)(H,39,40,41). The van der Waals surface area contributed by atoms with Crippen LogP contribution in [-0.4, -0.2) is 74.5 Å². The van der Waals surface area contributed by atoms with E-state index in [1.165, 1.54) is 36.4 Å². The molecule has 1 unspecified atom stereocenters. The van der Waals surface area contributed by atoms with Gasteiger partial charge in [0, 0.05) is 0 Å². The number of aromatic carboxylic acids is 1. The van der Waals surface area contributed by atoms with Gasteiger partial charge in [-0.3, -0.25) is 0 Å². The summed E-state index contributed by atoms with van der Waals surface area (Å²) in [5.74, 6) is -2.58. The number of carbonyl (C=O) groups is 1. The Hall–Kier alpha value is -4.07. The van der Waals surface area contributed by atoms with E-state index in [1.54, 1.807) is 0 Å². The Morgan fingerprint density at radius 1 is 0.837 bits per heavy atom. The molecule has 0 heterocycles. The summed E-state index contributed by atoms with van der Waals surface area (Å²) in [6, 6.07) is 11.3. The quantitative estimate of drug-likeness (QED) is 0.100. The number of rotatable bonds is 8. The van der Waals surface area contributed by atoms with E-state index >= 15 is 0 Å². The Kier molecular flexibility index (Phi) is 8.30. The fourth-order valence-corrected chi connectivity index (χ4v) is 6.84.